The number of nitrogens with two attached hydrogens (primary N) is 1. The highest BCUT2D eigenvalue weighted by molar-refractivity contribution is 8.11. The number of rotatable bonds is 10. The molecule has 32 heavy (non-hydrogen) atoms. The Morgan fingerprint density at radius 1 is 1.38 bits per heavy atom. The number of anilines is 1. The number of carbonyl (C=O) groups is 1. The first-order valence-corrected chi connectivity index (χ1v) is 11.2. The van der Waals surface area contributed by atoms with Crippen LogP contribution in [0.15, 0.2) is 60.2 Å². The second-order valence-electron chi connectivity index (χ2n) is 7.37. The van der Waals surface area contributed by atoms with Crippen LogP contribution in [0.3, 0.4) is 0 Å². The third-order valence-corrected chi connectivity index (χ3v) is 6.02. The van der Waals surface area contributed by atoms with Crippen molar-refractivity contribution in [2.45, 2.75) is 26.4 Å². The largest absolute Gasteiger partial charge is 0.490 e. The molecule has 0 saturated carbocycles. The molecule has 0 fully saturated rings. The van der Waals surface area contributed by atoms with Crippen molar-refractivity contribution in [1.29, 1.82) is 0 Å². The van der Waals surface area contributed by atoms with Crippen molar-refractivity contribution >= 4 is 46.1 Å². The van der Waals surface area contributed by atoms with E-state index in [1.54, 1.807) is 50.4 Å². The zero-order valence-electron chi connectivity index (χ0n) is 18.4. The molecule has 0 aliphatic carbocycles. The smallest absolute Gasteiger partial charge is 0.244 e. The number of hydrogen-bond donors (Lipinski definition) is 3. The fraction of sp³-hybridized carbons (Fsp3) is 0.250. The molecule has 0 atom stereocenters. The lowest BCUT2D eigenvalue weighted by Crippen LogP contribution is -2.26. The number of carbonyl (C=O) groups excluding carboxylic acids is 1. The van der Waals surface area contributed by atoms with Gasteiger partial charge in [0.15, 0.2) is 0 Å². The van der Waals surface area contributed by atoms with Gasteiger partial charge in [0.05, 0.1) is 17.2 Å². The minimum Gasteiger partial charge on any atom is -0.490 e. The van der Waals surface area contributed by atoms with Gasteiger partial charge in [0, 0.05) is 22.1 Å². The Balaban J connectivity index is 1.85. The molecular formula is C24H28ClN3O3S. The topological polar surface area (TPSA) is 97.5 Å². The summed E-state index contributed by atoms with van der Waals surface area (Å²) >= 11 is 7.78. The number of pyridine rings is 1. The van der Waals surface area contributed by atoms with E-state index in [-0.39, 0.29) is 12.5 Å². The number of nitrogens with one attached hydrogen (secondary N) is 1. The fourth-order valence-corrected chi connectivity index (χ4v) is 3.51. The molecule has 0 aliphatic rings. The number of thioether (sulfide) groups is 1. The predicted molar refractivity (Wildman–Crippen MR) is 134 cm³/mol. The van der Waals surface area contributed by atoms with Crippen LogP contribution in [-0.4, -0.2) is 34.8 Å². The molecule has 0 spiro atoms. The number of allylic oxidation sites excluding steroid dienone is 1. The molecule has 0 radical (unpaired) electrons. The van der Waals surface area contributed by atoms with Gasteiger partial charge in [-0.2, -0.15) is 0 Å². The van der Waals surface area contributed by atoms with E-state index in [4.69, 9.17) is 22.1 Å². The Kier molecular flexibility index (Phi) is 9.38. The van der Waals surface area contributed by atoms with Crippen molar-refractivity contribution in [3.63, 3.8) is 0 Å². The first-order valence-electron chi connectivity index (χ1n) is 9.96. The third-order valence-electron chi connectivity index (χ3n) is 4.29. The van der Waals surface area contributed by atoms with Gasteiger partial charge in [-0.15, -0.1) is 0 Å². The van der Waals surface area contributed by atoms with Crippen molar-refractivity contribution < 1.29 is 14.6 Å². The van der Waals surface area contributed by atoms with E-state index in [1.165, 1.54) is 17.8 Å². The maximum Gasteiger partial charge on any atom is 0.244 e. The lowest BCUT2D eigenvalue weighted by Gasteiger charge is -2.21. The summed E-state index contributed by atoms with van der Waals surface area (Å²) in [5.74, 6) is 0.708. The molecule has 0 bridgehead atoms. The van der Waals surface area contributed by atoms with Gasteiger partial charge in [-0.25, -0.2) is 4.98 Å². The number of ether oxygens (including phenoxy) is 1. The first kappa shape index (κ1) is 25.5. The normalized spacial score (nSPS) is 12.1. The number of benzene rings is 1. The van der Waals surface area contributed by atoms with E-state index in [0.29, 0.717) is 28.0 Å². The number of halogens is 1. The molecule has 6 nitrogen and oxygen atoms in total. The molecule has 1 amide bonds. The molecule has 1 heterocycles. The maximum absolute atomic E-state index is 11.9. The summed E-state index contributed by atoms with van der Waals surface area (Å²) < 4.78 is 5.69. The van der Waals surface area contributed by atoms with Crippen LogP contribution in [0.25, 0.3) is 11.0 Å². The van der Waals surface area contributed by atoms with Gasteiger partial charge in [0.25, 0.3) is 0 Å². The molecule has 170 valence electrons. The van der Waals surface area contributed by atoms with Gasteiger partial charge in [-0.3, -0.25) is 4.79 Å². The summed E-state index contributed by atoms with van der Waals surface area (Å²) in [5, 5.41) is 13.3. The van der Waals surface area contributed by atoms with Gasteiger partial charge < -0.3 is 20.9 Å². The maximum atomic E-state index is 11.9. The summed E-state index contributed by atoms with van der Waals surface area (Å²) in [5.41, 5.74) is 6.22. The Bertz CT molecular complexity index is 1010. The molecule has 8 heteroatoms. The summed E-state index contributed by atoms with van der Waals surface area (Å²) in [6, 6.07) is 8.92. The minimum absolute atomic E-state index is 0.242. The van der Waals surface area contributed by atoms with Gasteiger partial charge >= 0.3 is 0 Å². The van der Waals surface area contributed by atoms with E-state index in [1.807, 2.05) is 19.1 Å². The lowest BCUT2D eigenvalue weighted by molar-refractivity contribution is -0.116. The van der Waals surface area contributed by atoms with Crippen molar-refractivity contribution in [3.8, 4) is 5.75 Å². The molecule has 0 aliphatic heterocycles. The Hall–Kier alpha value is -2.74. The van der Waals surface area contributed by atoms with Crippen molar-refractivity contribution in [2.75, 3.05) is 18.9 Å². The summed E-state index contributed by atoms with van der Waals surface area (Å²) in [6.45, 7) is 9.84. The zero-order chi connectivity index (χ0) is 23.7. The summed E-state index contributed by atoms with van der Waals surface area (Å²) in [6.07, 6.45) is 6.61. The number of hydrogen-bond acceptors (Lipinski definition) is 6. The van der Waals surface area contributed by atoms with E-state index in [0.717, 1.165) is 16.0 Å². The highest BCUT2D eigenvalue weighted by Crippen LogP contribution is 2.39. The standard InChI is InChI=1S/C24H28ClN3O3S/c1-5-21(32-16(2)24(3,4)30)18-8-9-20(19(25)14-18)31-13-12-27-23(29)11-7-17-6-10-22(26)28-15-17/h5-11,14-15,30H,2,12-13H2,1,3-4H3,(H2,26,28)(H,27,29)/b11-7+,21-5-. The van der Waals surface area contributed by atoms with Crippen LogP contribution in [-0.2, 0) is 4.79 Å². The highest BCUT2D eigenvalue weighted by Gasteiger charge is 2.20. The number of amides is 1. The minimum atomic E-state index is -0.989. The van der Waals surface area contributed by atoms with Gasteiger partial charge in [0.2, 0.25) is 5.91 Å². The van der Waals surface area contributed by atoms with Crippen LogP contribution in [0, 0.1) is 0 Å². The zero-order valence-corrected chi connectivity index (χ0v) is 20.0. The van der Waals surface area contributed by atoms with Crippen molar-refractivity contribution in [3.05, 3.63) is 76.3 Å². The van der Waals surface area contributed by atoms with Crippen LogP contribution < -0.4 is 15.8 Å². The molecular weight excluding hydrogens is 446 g/mol. The lowest BCUT2D eigenvalue weighted by atomic mass is 10.1. The molecule has 0 unspecified atom stereocenters. The van der Waals surface area contributed by atoms with Gasteiger partial charge in [-0.05, 0) is 62.2 Å². The van der Waals surface area contributed by atoms with Gasteiger partial charge in [0.1, 0.15) is 18.2 Å². The molecule has 2 rings (SSSR count). The SMILES string of the molecule is C=C(S/C(=C\C)c1ccc(OCCNC(=O)/C=C/c2ccc(N)nc2)c(Cl)c1)C(C)(C)O. The summed E-state index contributed by atoms with van der Waals surface area (Å²) in [7, 11) is 0. The third kappa shape index (κ3) is 8.07. The molecule has 2 aromatic rings. The molecule has 0 saturated heterocycles. The first-order chi connectivity index (χ1) is 15.1. The second kappa shape index (κ2) is 11.8. The average Bonchev–Trinajstić information content (AvgIpc) is 2.74. The van der Waals surface area contributed by atoms with Crippen LogP contribution in [0.4, 0.5) is 5.82 Å². The van der Waals surface area contributed by atoms with Crippen LogP contribution in [0.1, 0.15) is 31.9 Å². The average molecular weight is 474 g/mol. The Morgan fingerprint density at radius 3 is 2.72 bits per heavy atom. The van der Waals surface area contributed by atoms with Crippen molar-refractivity contribution in [2.24, 2.45) is 0 Å². The monoisotopic (exact) mass is 473 g/mol. The second-order valence-corrected chi connectivity index (χ2v) is 8.92. The van der Waals surface area contributed by atoms with Crippen molar-refractivity contribution in [1.82, 2.24) is 10.3 Å². The Labute approximate surface area is 198 Å². The van der Waals surface area contributed by atoms with E-state index >= 15 is 0 Å². The van der Waals surface area contributed by atoms with E-state index < -0.39 is 5.60 Å². The number of nitrogens with zero attached hydrogens (tertiary/aromatic N) is 1. The molecule has 1 aromatic heterocycles. The number of aromatic nitrogens is 1. The quantitative estimate of drug-likeness (QED) is 0.335. The highest BCUT2D eigenvalue weighted by atomic mass is 35.5. The molecule has 1 aromatic carbocycles. The van der Waals surface area contributed by atoms with Gasteiger partial charge in [-0.1, -0.05) is 42.1 Å². The molecule has 4 N–H and O–H groups in total. The Morgan fingerprint density at radius 2 is 2.12 bits per heavy atom. The summed E-state index contributed by atoms with van der Waals surface area (Å²) in [4.78, 5) is 17.4. The number of nitrogen functional groups attached to an aromatic ring is 1. The van der Waals surface area contributed by atoms with Crippen LogP contribution in [0.5, 0.6) is 5.75 Å². The number of aliphatic hydroxyl groups is 1. The predicted octanol–water partition coefficient (Wildman–Crippen LogP) is 4.90. The van der Waals surface area contributed by atoms with Crippen LogP contribution in [0.2, 0.25) is 5.02 Å². The fourth-order valence-electron chi connectivity index (χ4n) is 2.39. The van der Waals surface area contributed by atoms with E-state index in [9.17, 15) is 9.90 Å². The van der Waals surface area contributed by atoms with E-state index in [2.05, 4.69) is 16.9 Å². The van der Waals surface area contributed by atoms with Crippen LogP contribution >= 0.6 is 23.4 Å².